The minimum Gasteiger partial charge on any atom is -0.469 e. The predicted molar refractivity (Wildman–Crippen MR) is 112 cm³/mol. The molecule has 1 aliphatic carbocycles. The first kappa shape index (κ1) is 18.2. The molecule has 4 nitrogen and oxygen atoms in total. The summed E-state index contributed by atoms with van der Waals surface area (Å²) < 4.78 is 5.33. The Labute approximate surface area is 170 Å². The number of Topliss-reactive ketones (excluding diaryl/α,β-unsaturated/α-hetero) is 1. The molecule has 4 heteroatoms. The van der Waals surface area contributed by atoms with Crippen molar-refractivity contribution in [2.24, 2.45) is 5.92 Å². The molecular formula is C25H25NO3. The maximum Gasteiger partial charge on any atom is 0.223 e. The van der Waals surface area contributed by atoms with Crippen LogP contribution in [-0.4, -0.2) is 29.7 Å². The summed E-state index contributed by atoms with van der Waals surface area (Å²) in [5.74, 6) is 1.01. The monoisotopic (exact) mass is 387 g/mol. The number of benzene rings is 2. The highest BCUT2D eigenvalue weighted by molar-refractivity contribution is 6.11. The van der Waals surface area contributed by atoms with Crippen LogP contribution in [0.15, 0.2) is 53.1 Å². The summed E-state index contributed by atoms with van der Waals surface area (Å²) in [6.45, 7) is 1.27. The number of aryl methyl sites for hydroxylation is 3. The van der Waals surface area contributed by atoms with E-state index in [1.807, 2.05) is 23.1 Å². The van der Waals surface area contributed by atoms with Gasteiger partial charge in [0.2, 0.25) is 5.91 Å². The van der Waals surface area contributed by atoms with Gasteiger partial charge in [0.05, 0.1) is 6.26 Å². The van der Waals surface area contributed by atoms with Gasteiger partial charge in [-0.2, -0.15) is 0 Å². The summed E-state index contributed by atoms with van der Waals surface area (Å²) in [5, 5.41) is 2.37. The summed E-state index contributed by atoms with van der Waals surface area (Å²) in [6, 6.07) is 14.2. The van der Waals surface area contributed by atoms with E-state index in [-0.39, 0.29) is 17.6 Å². The van der Waals surface area contributed by atoms with E-state index >= 15 is 0 Å². The van der Waals surface area contributed by atoms with Gasteiger partial charge in [0.15, 0.2) is 5.78 Å². The lowest BCUT2D eigenvalue weighted by atomic mass is 9.87. The molecule has 3 aromatic rings. The van der Waals surface area contributed by atoms with Crippen LogP contribution in [0.25, 0.3) is 10.8 Å². The van der Waals surface area contributed by atoms with Crippen molar-refractivity contribution in [1.82, 2.24) is 4.90 Å². The van der Waals surface area contributed by atoms with Crippen molar-refractivity contribution >= 4 is 22.5 Å². The van der Waals surface area contributed by atoms with Gasteiger partial charge in [-0.25, -0.2) is 0 Å². The van der Waals surface area contributed by atoms with Gasteiger partial charge in [0.25, 0.3) is 0 Å². The lowest BCUT2D eigenvalue weighted by Crippen LogP contribution is -2.42. The Morgan fingerprint density at radius 3 is 2.72 bits per heavy atom. The van der Waals surface area contributed by atoms with Crippen LogP contribution in [0.5, 0.6) is 0 Å². The first-order chi connectivity index (χ1) is 14.2. The summed E-state index contributed by atoms with van der Waals surface area (Å²) in [5.41, 5.74) is 3.53. The van der Waals surface area contributed by atoms with Gasteiger partial charge >= 0.3 is 0 Å². The van der Waals surface area contributed by atoms with Gasteiger partial charge in [-0.15, -0.1) is 0 Å². The molecule has 1 fully saturated rings. The third kappa shape index (κ3) is 3.37. The van der Waals surface area contributed by atoms with E-state index in [1.165, 1.54) is 16.5 Å². The lowest BCUT2D eigenvalue weighted by Gasteiger charge is -2.32. The first-order valence-electron chi connectivity index (χ1n) is 10.6. The molecule has 1 saturated heterocycles. The van der Waals surface area contributed by atoms with Crippen molar-refractivity contribution in [3.8, 4) is 0 Å². The fourth-order valence-electron chi connectivity index (χ4n) is 4.94. The maximum absolute atomic E-state index is 13.4. The molecule has 0 N–H and O–H groups in total. The van der Waals surface area contributed by atoms with Gasteiger partial charge in [-0.05, 0) is 59.7 Å². The molecule has 2 aromatic carbocycles. The second-order valence-corrected chi connectivity index (χ2v) is 8.23. The predicted octanol–water partition coefficient (Wildman–Crippen LogP) is 4.59. The number of hydrogen-bond acceptors (Lipinski definition) is 3. The Hall–Kier alpha value is -2.88. The number of furan rings is 1. The molecular weight excluding hydrogens is 362 g/mol. The van der Waals surface area contributed by atoms with Crippen molar-refractivity contribution in [3.05, 3.63) is 71.2 Å². The first-order valence-corrected chi connectivity index (χ1v) is 10.6. The Morgan fingerprint density at radius 2 is 1.90 bits per heavy atom. The highest BCUT2D eigenvalue weighted by Gasteiger charge is 2.30. The second-order valence-electron chi connectivity index (χ2n) is 8.23. The van der Waals surface area contributed by atoms with Crippen molar-refractivity contribution in [2.75, 3.05) is 13.1 Å². The molecule has 1 unspecified atom stereocenters. The third-order valence-electron chi connectivity index (χ3n) is 6.45. The molecule has 148 valence electrons. The third-order valence-corrected chi connectivity index (χ3v) is 6.45. The van der Waals surface area contributed by atoms with Crippen LogP contribution in [-0.2, 0) is 24.1 Å². The highest BCUT2D eigenvalue weighted by Crippen LogP contribution is 2.34. The van der Waals surface area contributed by atoms with Gasteiger partial charge in [-0.3, -0.25) is 9.59 Å². The molecule has 29 heavy (non-hydrogen) atoms. The topological polar surface area (TPSA) is 50.5 Å². The molecule has 1 atom stereocenters. The second kappa shape index (κ2) is 7.51. The van der Waals surface area contributed by atoms with Crippen molar-refractivity contribution < 1.29 is 14.0 Å². The van der Waals surface area contributed by atoms with Crippen LogP contribution >= 0.6 is 0 Å². The number of carbonyl (C=O) groups is 2. The zero-order valence-electron chi connectivity index (χ0n) is 16.5. The molecule has 0 bridgehead atoms. The number of piperidine rings is 1. The van der Waals surface area contributed by atoms with E-state index in [2.05, 4.69) is 24.3 Å². The fraction of sp³-hybridized carbons (Fsp3) is 0.360. The Balaban J connectivity index is 1.33. The zero-order chi connectivity index (χ0) is 19.8. The molecule has 0 radical (unpaired) electrons. The Bertz CT molecular complexity index is 1060. The smallest absolute Gasteiger partial charge is 0.223 e. The number of rotatable bonds is 5. The number of amides is 1. The SMILES string of the molecule is O=C(c1ccc2c3c(cccc13)CC2)C1CCCN(C(=O)CCc2ccco2)C1. The minimum absolute atomic E-state index is 0.110. The summed E-state index contributed by atoms with van der Waals surface area (Å²) in [7, 11) is 0. The van der Waals surface area contributed by atoms with Crippen LogP contribution in [0.1, 0.15) is 46.5 Å². The lowest BCUT2D eigenvalue weighted by molar-refractivity contribution is -0.132. The van der Waals surface area contributed by atoms with E-state index in [0.717, 1.165) is 48.9 Å². The van der Waals surface area contributed by atoms with Gasteiger partial charge in [0, 0.05) is 37.4 Å². The van der Waals surface area contributed by atoms with E-state index in [4.69, 9.17) is 4.42 Å². The van der Waals surface area contributed by atoms with Crippen LogP contribution in [0.4, 0.5) is 0 Å². The van der Waals surface area contributed by atoms with Crippen molar-refractivity contribution in [2.45, 2.75) is 38.5 Å². The van der Waals surface area contributed by atoms with Gasteiger partial charge in [0.1, 0.15) is 5.76 Å². The molecule has 1 aliphatic heterocycles. The van der Waals surface area contributed by atoms with Crippen LogP contribution in [0.3, 0.4) is 0 Å². The van der Waals surface area contributed by atoms with Gasteiger partial charge < -0.3 is 9.32 Å². The van der Waals surface area contributed by atoms with Crippen LogP contribution in [0.2, 0.25) is 0 Å². The molecule has 2 aliphatic rings. The number of likely N-dealkylation sites (tertiary alicyclic amines) is 1. The van der Waals surface area contributed by atoms with Crippen LogP contribution in [0, 0.1) is 5.92 Å². The summed E-state index contributed by atoms with van der Waals surface area (Å²) in [6.07, 6.45) is 6.52. The molecule has 5 rings (SSSR count). The maximum atomic E-state index is 13.4. The Kier molecular flexibility index (Phi) is 4.70. The van der Waals surface area contributed by atoms with Crippen molar-refractivity contribution in [1.29, 1.82) is 0 Å². The average molecular weight is 387 g/mol. The largest absolute Gasteiger partial charge is 0.469 e. The van der Waals surface area contributed by atoms with E-state index in [1.54, 1.807) is 6.26 Å². The molecule has 0 spiro atoms. The minimum atomic E-state index is -0.116. The number of hydrogen-bond donors (Lipinski definition) is 0. The number of nitrogens with zero attached hydrogens (tertiary/aromatic N) is 1. The molecule has 2 heterocycles. The highest BCUT2D eigenvalue weighted by atomic mass is 16.3. The Morgan fingerprint density at radius 1 is 1.03 bits per heavy atom. The van der Waals surface area contributed by atoms with E-state index < -0.39 is 0 Å². The van der Waals surface area contributed by atoms with Crippen LogP contribution < -0.4 is 0 Å². The van der Waals surface area contributed by atoms with E-state index in [0.29, 0.717) is 19.4 Å². The average Bonchev–Trinajstić information content (AvgIpc) is 3.43. The van der Waals surface area contributed by atoms with E-state index in [9.17, 15) is 9.59 Å². The van der Waals surface area contributed by atoms with Gasteiger partial charge in [-0.1, -0.05) is 30.3 Å². The zero-order valence-corrected chi connectivity index (χ0v) is 16.5. The number of ketones is 1. The van der Waals surface area contributed by atoms with Crippen molar-refractivity contribution in [3.63, 3.8) is 0 Å². The summed E-state index contributed by atoms with van der Waals surface area (Å²) >= 11 is 0. The molecule has 0 saturated carbocycles. The fourth-order valence-corrected chi connectivity index (χ4v) is 4.94. The molecule has 1 aromatic heterocycles. The quantitative estimate of drug-likeness (QED) is 0.602. The normalized spacial score (nSPS) is 18.3. The standard InChI is InChI=1S/C25H25NO3/c27-23(13-11-20-6-3-15-29-20)26-14-2-5-19(16-26)25(28)22-12-10-18-9-8-17-4-1-7-21(22)24(17)18/h1,3-4,6-7,10,12,15,19H,2,5,8-9,11,13-14,16H2. The summed E-state index contributed by atoms with van der Waals surface area (Å²) in [4.78, 5) is 28.0. The number of carbonyl (C=O) groups excluding carboxylic acids is 2. The molecule has 1 amide bonds.